The maximum Gasteiger partial charge on any atom is 0.120 e. The number of rotatable bonds is 8. The van der Waals surface area contributed by atoms with E-state index in [1.54, 1.807) is 7.11 Å². The lowest BCUT2D eigenvalue weighted by Gasteiger charge is -2.10. The van der Waals surface area contributed by atoms with E-state index in [2.05, 4.69) is 27.8 Å². The molecule has 1 N–H and O–H groups in total. The minimum absolute atomic E-state index is 0.554. The van der Waals surface area contributed by atoms with Crippen LogP contribution in [-0.2, 0) is 11.3 Å². The van der Waals surface area contributed by atoms with Gasteiger partial charge < -0.3 is 14.8 Å². The van der Waals surface area contributed by atoms with Gasteiger partial charge in [0.2, 0.25) is 0 Å². The number of nitrogens with one attached hydrogen (secondary N) is 1. The van der Waals surface area contributed by atoms with Crippen molar-refractivity contribution in [3.8, 4) is 5.75 Å². The lowest BCUT2D eigenvalue weighted by atomic mass is 10.2. The Balaban J connectivity index is 2.54. The van der Waals surface area contributed by atoms with Gasteiger partial charge in [-0.2, -0.15) is 0 Å². The van der Waals surface area contributed by atoms with Gasteiger partial charge in [-0.15, -0.1) is 0 Å². The van der Waals surface area contributed by atoms with Crippen molar-refractivity contribution in [2.75, 3.05) is 26.9 Å². The molecule has 0 atom stereocenters. The van der Waals surface area contributed by atoms with Crippen LogP contribution in [0.2, 0.25) is 0 Å². The largest absolute Gasteiger partial charge is 0.489 e. The molecule has 0 amide bonds. The first-order valence-corrected chi connectivity index (χ1v) is 6.68. The second-order valence-corrected chi connectivity index (χ2v) is 5.02. The van der Waals surface area contributed by atoms with Crippen LogP contribution in [-0.4, -0.2) is 26.9 Å². The number of benzene rings is 1. The smallest absolute Gasteiger partial charge is 0.120 e. The second-order valence-electron chi connectivity index (χ2n) is 4.17. The van der Waals surface area contributed by atoms with Gasteiger partial charge in [0.1, 0.15) is 12.4 Å². The Morgan fingerprint density at radius 2 is 2.22 bits per heavy atom. The third-order valence-corrected chi connectivity index (χ3v) is 3.07. The van der Waals surface area contributed by atoms with E-state index in [0.29, 0.717) is 13.2 Å². The molecule has 0 aliphatic rings. The molecule has 0 spiro atoms. The predicted molar refractivity (Wildman–Crippen MR) is 78.0 cm³/mol. The van der Waals surface area contributed by atoms with Crippen LogP contribution in [0.15, 0.2) is 34.8 Å². The van der Waals surface area contributed by atoms with Crippen LogP contribution >= 0.6 is 15.9 Å². The number of hydrogen-bond acceptors (Lipinski definition) is 3. The van der Waals surface area contributed by atoms with E-state index >= 15 is 0 Å². The molecule has 18 heavy (non-hydrogen) atoms. The third-order valence-electron chi connectivity index (χ3n) is 2.30. The molecule has 0 aliphatic carbocycles. The monoisotopic (exact) mass is 313 g/mol. The number of hydrogen-bond donors (Lipinski definition) is 1. The zero-order valence-corrected chi connectivity index (χ0v) is 12.5. The van der Waals surface area contributed by atoms with Gasteiger partial charge in [0.05, 0.1) is 6.61 Å². The van der Waals surface area contributed by atoms with E-state index in [9.17, 15) is 0 Å². The summed E-state index contributed by atoms with van der Waals surface area (Å²) in [4.78, 5) is 0. The van der Waals surface area contributed by atoms with Crippen molar-refractivity contribution >= 4 is 15.9 Å². The van der Waals surface area contributed by atoms with Gasteiger partial charge in [0.15, 0.2) is 0 Å². The second kappa shape index (κ2) is 8.29. The summed E-state index contributed by atoms with van der Waals surface area (Å²) < 4.78 is 11.7. The highest BCUT2D eigenvalue weighted by molar-refractivity contribution is 9.10. The Labute approximate surface area is 117 Å². The first kappa shape index (κ1) is 15.2. The van der Waals surface area contributed by atoms with Crippen LogP contribution < -0.4 is 10.1 Å². The van der Waals surface area contributed by atoms with E-state index in [1.165, 1.54) is 5.56 Å². The van der Waals surface area contributed by atoms with Crippen LogP contribution in [0.5, 0.6) is 5.75 Å². The van der Waals surface area contributed by atoms with Gasteiger partial charge in [-0.05, 0) is 36.3 Å². The zero-order valence-electron chi connectivity index (χ0n) is 11.0. The van der Waals surface area contributed by atoms with Crippen molar-refractivity contribution in [2.24, 2.45) is 0 Å². The van der Waals surface area contributed by atoms with Gasteiger partial charge in [0, 0.05) is 24.7 Å². The van der Waals surface area contributed by atoms with E-state index < -0.39 is 0 Å². The topological polar surface area (TPSA) is 30.5 Å². The normalized spacial score (nSPS) is 10.4. The highest BCUT2D eigenvalue weighted by atomic mass is 79.9. The first-order chi connectivity index (χ1) is 8.63. The fourth-order valence-electron chi connectivity index (χ4n) is 1.38. The highest BCUT2D eigenvalue weighted by Crippen LogP contribution is 2.22. The summed E-state index contributed by atoms with van der Waals surface area (Å²) in [5, 5.41) is 3.31. The van der Waals surface area contributed by atoms with Crippen molar-refractivity contribution < 1.29 is 9.47 Å². The Bertz CT molecular complexity index is 393. The molecular weight excluding hydrogens is 294 g/mol. The molecule has 1 rings (SSSR count). The molecule has 0 fully saturated rings. The fraction of sp³-hybridized carbons (Fsp3) is 0.429. The van der Waals surface area contributed by atoms with E-state index in [-0.39, 0.29) is 0 Å². The summed E-state index contributed by atoms with van der Waals surface area (Å²) in [6, 6.07) is 5.99. The molecule has 0 unspecified atom stereocenters. The molecule has 1 aromatic carbocycles. The predicted octanol–water partition coefficient (Wildman–Crippen LogP) is 3.14. The summed E-state index contributed by atoms with van der Waals surface area (Å²) in [7, 11) is 1.70. The van der Waals surface area contributed by atoms with E-state index in [4.69, 9.17) is 9.47 Å². The third kappa shape index (κ3) is 5.67. The molecule has 3 nitrogen and oxygen atoms in total. The Kier molecular flexibility index (Phi) is 7.01. The quantitative estimate of drug-likeness (QED) is 0.591. The summed E-state index contributed by atoms with van der Waals surface area (Å²) in [6.45, 7) is 8.65. The number of ether oxygens (including phenoxy) is 2. The molecule has 0 bridgehead atoms. The standard InChI is InChI=1S/C14H20BrNO2/c1-11(2)10-18-13-4-5-14(15)12(8-13)9-16-6-7-17-3/h4-5,8,16H,1,6-7,9-10H2,2-3H3. The Hall–Kier alpha value is -0.840. The van der Waals surface area contributed by atoms with Crippen molar-refractivity contribution in [3.05, 3.63) is 40.4 Å². The van der Waals surface area contributed by atoms with Gasteiger partial charge >= 0.3 is 0 Å². The van der Waals surface area contributed by atoms with Gasteiger partial charge in [-0.25, -0.2) is 0 Å². The van der Waals surface area contributed by atoms with Crippen LogP contribution in [0.4, 0.5) is 0 Å². The van der Waals surface area contributed by atoms with Gasteiger partial charge in [-0.3, -0.25) is 0 Å². The van der Waals surface area contributed by atoms with Crippen molar-refractivity contribution in [3.63, 3.8) is 0 Å². The SMILES string of the molecule is C=C(C)COc1ccc(Br)c(CNCCOC)c1. The summed E-state index contributed by atoms with van der Waals surface area (Å²) in [6.07, 6.45) is 0. The molecule has 0 aromatic heterocycles. The summed E-state index contributed by atoms with van der Waals surface area (Å²) in [5.41, 5.74) is 2.18. The average Bonchev–Trinajstić information content (AvgIpc) is 2.35. The molecule has 0 heterocycles. The number of halogens is 1. The Morgan fingerprint density at radius 1 is 1.44 bits per heavy atom. The Morgan fingerprint density at radius 3 is 2.89 bits per heavy atom. The van der Waals surface area contributed by atoms with E-state index in [0.717, 1.165) is 28.9 Å². The molecule has 0 aliphatic heterocycles. The molecule has 4 heteroatoms. The maximum absolute atomic E-state index is 5.62. The summed E-state index contributed by atoms with van der Waals surface area (Å²) in [5.74, 6) is 0.866. The number of methoxy groups -OCH3 is 1. The lowest BCUT2D eigenvalue weighted by molar-refractivity contribution is 0.199. The minimum atomic E-state index is 0.554. The van der Waals surface area contributed by atoms with Gasteiger partial charge in [0.25, 0.3) is 0 Å². The molecule has 0 radical (unpaired) electrons. The van der Waals surface area contributed by atoms with E-state index in [1.807, 2.05) is 25.1 Å². The molecule has 1 aromatic rings. The van der Waals surface area contributed by atoms with Crippen molar-refractivity contribution in [1.29, 1.82) is 0 Å². The average molecular weight is 314 g/mol. The first-order valence-electron chi connectivity index (χ1n) is 5.88. The fourth-order valence-corrected chi connectivity index (χ4v) is 1.77. The lowest BCUT2D eigenvalue weighted by Crippen LogP contribution is -2.18. The molecular formula is C14H20BrNO2. The molecule has 100 valence electrons. The van der Waals surface area contributed by atoms with Crippen molar-refractivity contribution in [2.45, 2.75) is 13.5 Å². The van der Waals surface area contributed by atoms with Gasteiger partial charge in [-0.1, -0.05) is 22.5 Å². The van der Waals surface area contributed by atoms with Crippen LogP contribution in [0.1, 0.15) is 12.5 Å². The van der Waals surface area contributed by atoms with Crippen LogP contribution in [0.25, 0.3) is 0 Å². The zero-order chi connectivity index (χ0) is 13.4. The van der Waals surface area contributed by atoms with Crippen LogP contribution in [0.3, 0.4) is 0 Å². The van der Waals surface area contributed by atoms with Crippen molar-refractivity contribution in [1.82, 2.24) is 5.32 Å². The minimum Gasteiger partial charge on any atom is -0.489 e. The molecule has 0 saturated carbocycles. The van der Waals surface area contributed by atoms with Crippen LogP contribution in [0, 0.1) is 0 Å². The highest BCUT2D eigenvalue weighted by Gasteiger charge is 2.02. The summed E-state index contributed by atoms with van der Waals surface area (Å²) >= 11 is 3.54. The molecule has 0 saturated heterocycles. The maximum atomic E-state index is 5.62.